The van der Waals surface area contributed by atoms with E-state index in [2.05, 4.69) is 36.2 Å². The van der Waals surface area contributed by atoms with Crippen molar-refractivity contribution in [2.24, 2.45) is 9.98 Å². The van der Waals surface area contributed by atoms with Crippen molar-refractivity contribution in [3.8, 4) is 0 Å². The summed E-state index contributed by atoms with van der Waals surface area (Å²) in [5, 5.41) is 0. The zero-order chi connectivity index (χ0) is 16.1. The van der Waals surface area contributed by atoms with E-state index in [1.807, 2.05) is 24.3 Å². The summed E-state index contributed by atoms with van der Waals surface area (Å²) in [7, 11) is 0. The van der Waals surface area contributed by atoms with E-state index in [4.69, 9.17) is 14.5 Å². The van der Waals surface area contributed by atoms with Crippen molar-refractivity contribution in [3.63, 3.8) is 0 Å². The Morgan fingerprint density at radius 1 is 0.917 bits per heavy atom. The van der Waals surface area contributed by atoms with Gasteiger partial charge in [0, 0.05) is 17.5 Å². The maximum absolute atomic E-state index is 6.12. The molecule has 4 heteroatoms. The minimum absolute atomic E-state index is 0.138. The smallest absolute Gasteiger partial charge is 0.217 e. The van der Waals surface area contributed by atoms with E-state index >= 15 is 0 Å². The number of nitrogens with zero attached hydrogens (tertiary/aromatic N) is 2. The molecule has 0 saturated heterocycles. The minimum Gasteiger partial charge on any atom is -0.475 e. The van der Waals surface area contributed by atoms with Crippen LogP contribution in [0, 0.1) is 0 Å². The van der Waals surface area contributed by atoms with E-state index in [9.17, 15) is 0 Å². The van der Waals surface area contributed by atoms with Gasteiger partial charge in [-0.2, -0.15) is 0 Å². The lowest BCUT2D eigenvalue weighted by atomic mass is 10.1. The number of aliphatic imine (C=N–C) groups is 2. The van der Waals surface area contributed by atoms with Gasteiger partial charge < -0.3 is 9.47 Å². The fourth-order valence-corrected chi connectivity index (χ4v) is 3.63. The normalized spacial score (nSPS) is 27.0. The summed E-state index contributed by atoms with van der Waals surface area (Å²) in [4.78, 5) is 9.32. The number of ether oxygens (including phenoxy) is 2. The Kier molecular flexibility index (Phi) is 2.98. The van der Waals surface area contributed by atoms with Gasteiger partial charge in [0.1, 0.15) is 18.8 Å². The molecule has 0 N–H and O–H groups in total. The second-order valence-corrected chi connectivity index (χ2v) is 6.61. The lowest BCUT2D eigenvalue weighted by molar-refractivity contribution is 0.206. The summed E-state index contributed by atoms with van der Waals surface area (Å²) in [5.74, 6) is 1.47. The first kappa shape index (κ1) is 13.8. The third-order valence-corrected chi connectivity index (χ3v) is 4.84. The summed E-state index contributed by atoms with van der Waals surface area (Å²) in [6.45, 7) is 2.72. The molecule has 0 radical (unpaired) electrons. The van der Waals surface area contributed by atoms with Crippen LogP contribution in [0.3, 0.4) is 0 Å². The van der Waals surface area contributed by atoms with E-state index in [1.54, 1.807) is 0 Å². The van der Waals surface area contributed by atoms with Crippen LogP contribution in [-0.4, -0.2) is 30.5 Å². The first-order valence-corrected chi connectivity index (χ1v) is 8.41. The third kappa shape index (κ3) is 2.13. The number of hydrogen-bond donors (Lipinski definition) is 0. The zero-order valence-corrected chi connectivity index (χ0v) is 13.5. The van der Waals surface area contributed by atoms with Gasteiger partial charge in [-0.3, -0.25) is 0 Å². The number of benzene rings is 2. The molecule has 0 aromatic heterocycles. The van der Waals surface area contributed by atoms with Crippen molar-refractivity contribution in [2.45, 2.75) is 31.5 Å². The molecule has 2 aromatic rings. The van der Waals surface area contributed by atoms with Gasteiger partial charge in [-0.1, -0.05) is 24.3 Å². The van der Waals surface area contributed by atoms with Gasteiger partial charge in [-0.05, 0) is 42.3 Å². The highest BCUT2D eigenvalue weighted by Crippen LogP contribution is 2.40. The highest BCUT2D eigenvalue weighted by atomic mass is 16.5. The van der Waals surface area contributed by atoms with Crippen LogP contribution in [0.1, 0.15) is 35.2 Å². The van der Waals surface area contributed by atoms with Crippen molar-refractivity contribution in [1.29, 1.82) is 0 Å². The highest BCUT2D eigenvalue weighted by Gasteiger charge is 2.39. The van der Waals surface area contributed by atoms with E-state index < -0.39 is 0 Å². The standard InChI is InChI=1S/C20H18N2O2/c1-12-11-23-19(21-12)13-6-8-14(9-7-13)20-22-18-16-5-3-2-4-15(16)10-17(18)24-20/h2-9,12,17-18H,10-11H2,1H3/t12-,17+,18?/m0/s1. The average Bonchev–Trinajstić information content (AvgIpc) is 3.29. The Morgan fingerprint density at radius 2 is 1.67 bits per heavy atom. The van der Waals surface area contributed by atoms with Crippen LogP contribution in [0.5, 0.6) is 0 Å². The molecule has 0 saturated carbocycles. The molecule has 120 valence electrons. The quantitative estimate of drug-likeness (QED) is 0.853. The SMILES string of the molecule is C[C@H]1COC(c2ccc(C3=NC4c5ccccc5C[C@H]4O3)cc2)=N1. The average molecular weight is 318 g/mol. The second kappa shape index (κ2) is 5.20. The predicted octanol–water partition coefficient (Wildman–Crippen LogP) is 3.29. The second-order valence-electron chi connectivity index (χ2n) is 6.61. The monoisotopic (exact) mass is 318 g/mol. The molecule has 2 aromatic carbocycles. The molecule has 24 heavy (non-hydrogen) atoms. The number of hydrogen-bond acceptors (Lipinski definition) is 4. The molecule has 2 aliphatic heterocycles. The topological polar surface area (TPSA) is 43.2 Å². The molecule has 1 unspecified atom stereocenters. The van der Waals surface area contributed by atoms with Gasteiger partial charge in [0.2, 0.25) is 11.8 Å². The van der Waals surface area contributed by atoms with Crippen LogP contribution in [-0.2, 0) is 15.9 Å². The summed E-state index contributed by atoms with van der Waals surface area (Å²) < 4.78 is 11.7. The molecule has 0 amide bonds. The number of fused-ring (bicyclic) bond motifs is 3. The first-order chi connectivity index (χ1) is 11.8. The Bertz CT molecular complexity index is 854. The van der Waals surface area contributed by atoms with Crippen molar-refractivity contribution in [1.82, 2.24) is 0 Å². The molecular weight excluding hydrogens is 300 g/mol. The summed E-state index contributed by atoms with van der Waals surface area (Å²) in [6.07, 6.45) is 1.08. The van der Waals surface area contributed by atoms with Crippen LogP contribution in [0.4, 0.5) is 0 Å². The summed E-state index contributed by atoms with van der Waals surface area (Å²) in [5.41, 5.74) is 4.68. The van der Waals surface area contributed by atoms with Crippen molar-refractivity contribution in [3.05, 3.63) is 70.8 Å². The minimum atomic E-state index is 0.138. The fourth-order valence-electron chi connectivity index (χ4n) is 3.63. The molecule has 4 nitrogen and oxygen atoms in total. The van der Waals surface area contributed by atoms with Crippen LogP contribution in [0.2, 0.25) is 0 Å². The van der Waals surface area contributed by atoms with Crippen LogP contribution < -0.4 is 0 Å². The van der Waals surface area contributed by atoms with Gasteiger partial charge in [0.25, 0.3) is 0 Å². The van der Waals surface area contributed by atoms with Gasteiger partial charge in [-0.15, -0.1) is 0 Å². The molecule has 0 bridgehead atoms. The lowest BCUT2D eigenvalue weighted by Crippen LogP contribution is -2.13. The van der Waals surface area contributed by atoms with E-state index in [0.717, 1.165) is 29.3 Å². The molecule has 0 spiro atoms. The van der Waals surface area contributed by atoms with Gasteiger partial charge in [0.05, 0.1) is 6.04 Å². The Morgan fingerprint density at radius 3 is 2.42 bits per heavy atom. The molecular formula is C20H18N2O2. The Hall–Kier alpha value is -2.62. The first-order valence-electron chi connectivity index (χ1n) is 8.41. The fraction of sp³-hybridized carbons (Fsp3) is 0.300. The maximum atomic E-state index is 6.12. The summed E-state index contributed by atoms with van der Waals surface area (Å²) >= 11 is 0. The van der Waals surface area contributed by atoms with Gasteiger partial charge >= 0.3 is 0 Å². The zero-order valence-electron chi connectivity index (χ0n) is 13.5. The molecule has 3 atom stereocenters. The van der Waals surface area contributed by atoms with Crippen LogP contribution in [0.15, 0.2) is 58.5 Å². The number of rotatable bonds is 2. The lowest BCUT2D eigenvalue weighted by Gasteiger charge is -2.09. The molecule has 0 fully saturated rings. The summed E-state index contributed by atoms with van der Waals surface area (Å²) in [6, 6.07) is 17.0. The Labute approximate surface area is 140 Å². The highest BCUT2D eigenvalue weighted by molar-refractivity contribution is 5.99. The third-order valence-electron chi connectivity index (χ3n) is 4.84. The van der Waals surface area contributed by atoms with E-state index in [-0.39, 0.29) is 18.2 Å². The molecule has 2 heterocycles. The van der Waals surface area contributed by atoms with Crippen LogP contribution >= 0.6 is 0 Å². The van der Waals surface area contributed by atoms with E-state index in [0.29, 0.717) is 6.61 Å². The van der Waals surface area contributed by atoms with Gasteiger partial charge in [-0.25, -0.2) is 9.98 Å². The van der Waals surface area contributed by atoms with Crippen LogP contribution in [0.25, 0.3) is 0 Å². The van der Waals surface area contributed by atoms with Gasteiger partial charge in [0.15, 0.2) is 0 Å². The molecule has 1 aliphatic carbocycles. The molecule has 5 rings (SSSR count). The predicted molar refractivity (Wildman–Crippen MR) is 92.7 cm³/mol. The van der Waals surface area contributed by atoms with E-state index in [1.165, 1.54) is 11.1 Å². The Balaban J connectivity index is 1.41. The van der Waals surface area contributed by atoms with Crippen molar-refractivity contribution in [2.75, 3.05) is 6.61 Å². The maximum Gasteiger partial charge on any atom is 0.217 e. The largest absolute Gasteiger partial charge is 0.475 e. The molecule has 3 aliphatic rings. The van der Waals surface area contributed by atoms with Crippen molar-refractivity contribution < 1.29 is 9.47 Å². The van der Waals surface area contributed by atoms with Crippen molar-refractivity contribution >= 4 is 11.8 Å².